The standard InChI is InChI=1S/C7H8F4O2/c8-4(9)1-6(5(12)13)2-7(10,11)3-6/h4H,1-3H2,(H,12,13). The maximum Gasteiger partial charge on any atom is 0.310 e. The van der Waals surface area contributed by atoms with Gasteiger partial charge in [-0.3, -0.25) is 4.79 Å². The second-order valence-corrected chi connectivity index (χ2v) is 3.39. The average Bonchev–Trinajstić information content (AvgIpc) is 1.80. The Hall–Kier alpha value is -0.810. The summed E-state index contributed by atoms with van der Waals surface area (Å²) in [4.78, 5) is 10.5. The van der Waals surface area contributed by atoms with Gasteiger partial charge >= 0.3 is 5.97 Å². The van der Waals surface area contributed by atoms with Gasteiger partial charge in [-0.2, -0.15) is 0 Å². The van der Waals surface area contributed by atoms with E-state index in [0.717, 1.165) is 0 Å². The highest BCUT2D eigenvalue weighted by molar-refractivity contribution is 5.76. The van der Waals surface area contributed by atoms with Crippen molar-refractivity contribution in [2.24, 2.45) is 5.41 Å². The summed E-state index contributed by atoms with van der Waals surface area (Å²) in [7, 11) is 0. The van der Waals surface area contributed by atoms with Crippen LogP contribution in [-0.2, 0) is 4.79 Å². The molecule has 1 rings (SSSR count). The smallest absolute Gasteiger partial charge is 0.310 e. The van der Waals surface area contributed by atoms with Crippen molar-refractivity contribution in [1.29, 1.82) is 0 Å². The van der Waals surface area contributed by atoms with Gasteiger partial charge in [0.05, 0.1) is 5.41 Å². The maximum absolute atomic E-state index is 12.3. The highest BCUT2D eigenvalue weighted by Crippen LogP contribution is 2.55. The molecule has 0 bridgehead atoms. The summed E-state index contributed by atoms with van der Waals surface area (Å²) in [5.41, 5.74) is -1.91. The zero-order valence-corrected chi connectivity index (χ0v) is 6.57. The summed E-state index contributed by atoms with van der Waals surface area (Å²) in [6, 6.07) is 0. The number of hydrogen-bond donors (Lipinski definition) is 1. The van der Waals surface area contributed by atoms with Crippen LogP contribution in [-0.4, -0.2) is 23.4 Å². The zero-order chi connectivity index (χ0) is 10.3. The zero-order valence-electron chi connectivity index (χ0n) is 6.57. The lowest BCUT2D eigenvalue weighted by Crippen LogP contribution is -2.52. The molecule has 0 aromatic rings. The Balaban J connectivity index is 2.66. The average molecular weight is 200 g/mol. The third kappa shape index (κ3) is 1.92. The van der Waals surface area contributed by atoms with Crippen LogP contribution in [0.5, 0.6) is 0 Å². The number of aliphatic carboxylic acids is 1. The second-order valence-electron chi connectivity index (χ2n) is 3.39. The van der Waals surface area contributed by atoms with Gasteiger partial charge in [-0.25, -0.2) is 17.6 Å². The number of hydrogen-bond acceptors (Lipinski definition) is 1. The van der Waals surface area contributed by atoms with E-state index in [9.17, 15) is 22.4 Å². The Morgan fingerprint density at radius 2 is 1.85 bits per heavy atom. The van der Waals surface area contributed by atoms with E-state index >= 15 is 0 Å². The molecule has 76 valence electrons. The van der Waals surface area contributed by atoms with Gasteiger partial charge in [0.2, 0.25) is 12.3 Å². The van der Waals surface area contributed by atoms with Crippen molar-refractivity contribution in [3.63, 3.8) is 0 Å². The highest BCUT2D eigenvalue weighted by atomic mass is 19.3. The molecule has 0 saturated heterocycles. The van der Waals surface area contributed by atoms with E-state index in [-0.39, 0.29) is 0 Å². The van der Waals surface area contributed by atoms with E-state index in [2.05, 4.69) is 0 Å². The minimum Gasteiger partial charge on any atom is -0.481 e. The molecule has 0 radical (unpaired) electrons. The molecule has 0 aromatic carbocycles. The van der Waals surface area contributed by atoms with Gasteiger partial charge in [-0.15, -0.1) is 0 Å². The maximum atomic E-state index is 12.3. The minimum atomic E-state index is -3.09. The first-order chi connectivity index (χ1) is 5.77. The Bertz CT molecular complexity index is 213. The fourth-order valence-corrected chi connectivity index (χ4v) is 1.62. The lowest BCUT2D eigenvalue weighted by atomic mass is 9.64. The predicted molar refractivity (Wildman–Crippen MR) is 34.9 cm³/mol. The molecule has 0 spiro atoms. The van der Waals surface area contributed by atoms with Crippen LogP contribution in [0, 0.1) is 5.41 Å². The molecule has 1 aliphatic carbocycles. The molecule has 2 nitrogen and oxygen atoms in total. The van der Waals surface area contributed by atoms with Crippen LogP contribution in [0.15, 0.2) is 0 Å². The largest absolute Gasteiger partial charge is 0.481 e. The lowest BCUT2D eigenvalue weighted by molar-refractivity contribution is -0.201. The molecule has 6 heteroatoms. The number of carboxylic acid groups (broad SMARTS) is 1. The molecule has 0 amide bonds. The minimum absolute atomic E-state index is 0.973. The van der Waals surface area contributed by atoms with Gasteiger partial charge in [0, 0.05) is 19.3 Å². The Morgan fingerprint density at radius 1 is 1.38 bits per heavy atom. The SMILES string of the molecule is O=C(O)C1(CC(F)F)CC(F)(F)C1. The van der Waals surface area contributed by atoms with Crippen LogP contribution in [0.3, 0.4) is 0 Å². The predicted octanol–water partition coefficient (Wildman–Crippen LogP) is 2.14. The first kappa shape index (κ1) is 10.3. The van der Waals surface area contributed by atoms with Crippen LogP contribution >= 0.6 is 0 Å². The summed E-state index contributed by atoms with van der Waals surface area (Å²) in [5, 5.41) is 8.50. The van der Waals surface area contributed by atoms with Gasteiger partial charge in [0.1, 0.15) is 0 Å². The first-order valence-electron chi connectivity index (χ1n) is 3.67. The number of halogens is 4. The highest BCUT2D eigenvalue weighted by Gasteiger charge is 2.61. The second kappa shape index (κ2) is 2.85. The molecule has 13 heavy (non-hydrogen) atoms. The van der Waals surface area contributed by atoms with E-state index < -0.39 is 43.0 Å². The number of carboxylic acids is 1. The normalized spacial score (nSPS) is 24.1. The number of rotatable bonds is 3. The quantitative estimate of drug-likeness (QED) is 0.708. The summed E-state index contributed by atoms with van der Waals surface area (Å²) < 4.78 is 48.4. The third-order valence-corrected chi connectivity index (χ3v) is 2.19. The molecule has 1 N–H and O–H groups in total. The van der Waals surface area contributed by atoms with Crippen LogP contribution in [0.25, 0.3) is 0 Å². The van der Waals surface area contributed by atoms with E-state index in [4.69, 9.17) is 5.11 Å². The fourth-order valence-electron chi connectivity index (χ4n) is 1.62. The first-order valence-corrected chi connectivity index (χ1v) is 3.67. The van der Waals surface area contributed by atoms with Gasteiger partial charge in [0.15, 0.2) is 0 Å². The van der Waals surface area contributed by atoms with Gasteiger partial charge in [-0.05, 0) is 0 Å². The molecule has 0 unspecified atom stereocenters. The van der Waals surface area contributed by atoms with E-state index in [1.165, 1.54) is 0 Å². The van der Waals surface area contributed by atoms with E-state index in [1.807, 2.05) is 0 Å². The van der Waals surface area contributed by atoms with Crippen molar-refractivity contribution in [3.8, 4) is 0 Å². The summed E-state index contributed by atoms with van der Waals surface area (Å²) in [6.45, 7) is 0. The molecule has 0 heterocycles. The monoisotopic (exact) mass is 200 g/mol. The molecule has 0 aromatic heterocycles. The van der Waals surface area contributed by atoms with Crippen LogP contribution < -0.4 is 0 Å². The molecule has 1 fully saturated rings. The molecule has 0 aliphatic heterocycles. The van der Waals surface area contributed by atoms with E-state index in [0.29, 0.717) is 0 Å². The molecule has 1 aliphatic rings. The summed E-state index contributed by atoms with van der Waals surface area (Å²) in [6.07, 6.45) is -5.79. The fraction of sp³-hybridized carbons (Fsp3) is 0.857. The van der Waals surface area contributed by atoms with E-state index in [1.54, 1.807) is 0 Å². The summed E-state index contributed by atoms with van der Waals surface area (Å²) in [5.74, 6) is -4.65. The Morgan fingerprint density at radius 3 is 2.08 bits per heavy atom. The lowest BCUT2D eigenvalue weighted by Gasteiger charge is -2.43. The number of alkyl halides is 4. The molecule has 0 atom stereocenters. The topological polar surface area (TPSA) is 37.3 Å². The van der Waals surface area contributed by atoms with Crippen molar-refractivity contribution >= 4 is 5.97 Å². The van der Waals surface area contributed by atoms with Gasteiger partial charge in [-0.1, -0.05) is 0 Å². The van der Waals surface area contributed by atoms with Crippen LogP contribution in [0.4, 0.5) is 17.6 Å². The Kier molecular flexibility index (Phi) is 2.25. The molecule has 1 saturated carbocycles. The van der Waals surface area contributed by atoms with Gasteiger partial charge < -0.3 is 5.11 Å². The van der Waals surface area contributed by atoms with Crippen LogP contribution in [0.2, 0.25) is 0 Å². The van der Waals surface area contributed by atoms with Crippen molar-refractivity contribution in [1.82, 2.24) is 0 Å². The molecular formula is C7H8F4O2. The van der Waals surface area contributed by atoms with Crippen molar-refractivity contribution < 1.29 is 27.5 Å². The Labute approximate surface area is 71.5 Å². The third-order valence-electron chi connectivity index (χ3n) is 2.19. The van der Waals surface area contributed by atoms with Crippen molar-refractivity contribution in [2.45, 2.75) is 31.6 Å². The molecular weight excluding hydrogens is 192 g/mol. The van der Waals surface area contributed by atoms with Gasteiger partial charge in [0.25, 0.3) is 0 Å². The number of carbonyl (C=O) groups is 1. The van der Waals surface area contributed by atoms with Crippen molar-refractivity contribution in [2.75, 3.05) is 0 Å². The van der Waals surface area contributed by atoms with Crippen molar-refractivity contribution in [3.05, 3.63) is 0 Å². The van der Waals surface area contributed by atoms with Crippen LogP contribution in [0.1, 0.15) is 19.3 Å². The summed E-state index contributed by atoms with van der Waals surface area (Å²) >= 11 is 0.